The van der Waals surface area contributed by atoms with Crippen molar-refractivity contribution in [3.05, 3.63) is 23.8 Å². The highest BCUT2D eigenvalue weighted by Crippen LogP contribution is 2.29. The van der Waals surface area contributed by atoms with Gasteiger partial charge in [0.05, 0.1) is 23.5 Å². The fraction of sp³-hybridized carbons (Fsp3) is 0.562. The maximum Gasteiger partial charge on any atom is 0.338 e. The van der Waals surface area contributed by atoms with Crippen molar-refractivity contribution in [3.63, 3.8) is 0 Å². The van der Waals surface area contributed by atoms with Gasteiger partial charge in [0.25, 0.3) is 0 Å². The van der Waals surface area contributed by atoms with Crippen LogP contribution in [0.1, 0.15) is 49.9 Å². The molecule has 4 heteroatoms. The topological polar surface area (TPSA) is 64.3 Å². The second-order valence-corrected chi connectivity index (χ2v) is 5.54. The van der Waals surface area contributed by atoms with Gasteiger partial charge in [0, 0.05) is 6.04 Å². The maximum atomic E-state index is 11.8. The van der Waals surface area contributed by atoms with Gasteiger partial charge in [-0.05, 0) is 43.9 Å². The Morgan fingerprint density at radius 3 is 2.85 bits per heavy atom. The van der Waals surface area contributed by atoms with Crippen LogP contribution in [0.3, 0.4) is 0 Å². The normalized spacial score (nSPS) is 22.3. The van der Waals surface area contributed by atoms with Gasteiger partial charge < -0.3 is 15.8 Å². The Balaban J connectivity index is 2.13. The Labute approximate surface area is 120 Å². The third kappa shape index (κ3) is 3.44. The first kappa shape index (κ1) is 14.7. The van der Waals surface area contributed by atoms with E-state index >= 15 is 0 Å². The molecular formula is C16H24N2O2. The lowest BCUT2D eigenvalue weighted by atomic mass is 9.86. The van der Waals surface area contributed by atoms with E-state index in [2.05, 4.69) is 12.2 Å². The number of hydrogen-bond acceptors (Lipinski definition) is 4. The average Bonchev–Trinajstić information content (AvgIpc) is 2.44. The Hall–Kier alpha value is -1.71. The molecule has 0 bridgehead atoms. The van der Waals surface area contributed by atoms with Crippen LogP contribution < -0.4 is 11.1 Å². The van der Waals surface area contributed by atoms with Crippen molar-refractivity contribution < 1.29 is 9.53 Å². The Morgan fingerprint density at radius 2 is 2.15 bits per heavy atom. The highest BCUT2D eigenvalue weighted by Gasteiger charge is 2.22. The van der Waals surface area contributed by atoms with E-state index in [0.717, 1.165) is 12.1 Å². The van der Waals surface area contributed by atoms with Crippen LogP contribution in [-0.2, 0) is 4.74 Å². The Morgan fingerprint density at radius 1 is 1.40 bits per heavy atom. The van der Waals surface area contributed by atoms with Gasteiger partial charge in [-0.15, -0.1) is 0 Å². The molecule has 0 heterocycles. The van der Waals surface area contributed by atoms with Crippen molar-refractivity contribution in [2.24, 2.45) is 5.92 Å². The number of carbonyl (C=O) groups is 1. The number of benzene rings is 1. The molecule has 0 radical (unpaired) electrons. The number of anilines is 2. The number of nitrogens with two attached hydrogens (primary N) is 1. The Bertz CT molecular complexity index is 474. The minimum absolute atomic E-state index is 0.299. The fourth-order valence-electron chi connectivity index (χ4n) is 2.75. The molecule has 1 aliphatic rings. The molecule has 2 unspecified atom stereocenters. The molecule has 1 aromatic carbocycles. The summed E-state index contributed by atoms with van der Waals surface area (Å²) in [6, 6.07) is 5.71. The van der Waals surface area contributed by atoms with Crippen LogP contribution in [0, 0.1) is 5.92 Å². The van der Waals surface area contributed by atoms with Crippen molar-refractivity contribution in [1.29, 1.82) is 0 Å². The first-order valence-corrected chi connectivity index (χ1v) is 7.45. The monoisotopic (exact) mass is 276 g/mol. The SMILES string of the molecule is CCOC(=O)c1ccc(N)c(NC2CCCCC2C)c1. The van der Waals surface area contributed by atoms with E-state index in [0.29, 0.717) is 29.8 Å². The molecule has 2 rings (SSSR count). The van der Waals surface area contributed by atoms with Crippen molar-refractivity contribution in [2.45, 2.75) is 45.6 Å². The van der Waals surface area contributed by atoms with Crippen LogP contribution in [-0.4, -0.2) is 18.6 Å². The predicted molar refractivity (Wildman–Crippen MR) is 81.9 cm³/mol. The molecule has 2 atom stereocenters. The third-order valence-electron chi connectivity index (χ3n) is 4.02. The molecule has 1 aromatic rings. The summed E-state index contributed by atoms with van der Waals surface area (Å²) >= 11 is 0. The van der Waals surface area contributed by atoms with Gasteiger partial charge >= 0.3 is 5.97 Å². The molecule has 0 amide bonds. The molecule has 20 heavy (non-hydrogen) atoms. The summed E-state index contributed by atoms with van der Waals surface area (Å²) in [5.74, 6) is 0.335. The lowest BCUT2D eigenvalue weighted by Gasteiger charge is -2.30. The van der Waals surface area contributed by atoms with E-state index < -0.39 is 0 Å². The van der Waals surface area contributed by atoms with Crippen molar-refractivity contribution >= 4 is 17.3 Å². The number of ether oxygens (including phenoxy) is 1. The summed E-state index contributed by atoms with van der Waals surface area (Å²) in [4.78, 5) is 11.8. The predicted octanol–water partition coefficient (Wildman–Crippen LogP) is 3.44. The van der Waals surface area contributed by atoms with Gasteiger partial charge in [-0.2, -0.15) is 0 Å². The summed E-state index contributed by atoms with van der Waals surface area (Å²) < 4.78 is 5.03. The minimum atomic E-state index is -0.299. The molecule has 0 aromatic heterocycles. The van der Waals surface area contributed by atoms with Gasteiger partial charge in [-0.1, -0.05) is 19.8 Å². The average molecular weight is 276 g/mol. The first-order valence-electron chi connectivity index (χ1n) is 7.45. The zero-order valence-corrected chi connectivity index (χ0v) is 12.3. The number of hydrogen-bond donors (Lipinski definition) is 2. The standard InChI is InChI=1S/C16H24N2O2/c1-3-20-16(19)12-8-9-13(17)15(10-12)18-14-7-5-4-6-11(14)2/h8-11,14,18H,3-7,17H2,1-2H3. The maximum absolute atomic E-state index is 11.8. The number of carbonyl (C=O) groups excluding carboxylic acids is 1. The summed E-state index contributed by atoms with van der Waals surface area (Å²) in [7, 11) is 0. The molecular weight excluding hydrogens is 252 g/mol. The lowest BCUT2D eigenvalue weighted by molar-refractivity contribution is 0.0526. The van der Waals surface area contributed by atoms with Crippen molar-refractivity contribution in [1.82, 2.24) is 0 Å². The van der Waals surface area contributed by atoms with Crippen LogP contribution in [0.25, 0.3) is 0 Å². The zero-order chi connectivity index (χ0) is 14.5. The van der Waals surface area contributed by atoms with Gasteiger partial charge in [-0.25, -0.2) is 4.79 Å². The van der Waals surface area contributed by atoms with Gasteiger partial charge in [0.15, 0.2) is 0 Å². The molecule has 0 spiro atoms. The smallest absolute Gasteiger partial charge is 0.338 e. The number of nitrogen functional groups attached to an aromatic ring is 1. The number of rotatable bonds is 4. The zero-order valence-electron chi connectivity index (χ0n) is 12.3. The fourth-order valence-corrected chi connectivity index (χ4v) is 2.75. The van der Waals surface area contributed by atoms with Crippen molar-refractivity contribution in [2.75, 3.05) is 17.7 Å². The number of esters is 1. The van der Waals surface area contributed by atoms with Crippen LogP contribution in [0.2, 0.25) is 0 Å². The molecule has 1 saturated carbocycles. The van der Waals surface area contributed by atoms with Crippen LogP contribution in [0.5, 0.6) is 0 Å². The van der Waals surface area contributed by atoms with Gasteiger partial charge in [0.1, 0.15) is 0 Å². The van der Waals surface area contributed by atoms with Gasteiger partial charge in [0.2, 0.25) is 0 Å². The number of nitrogens with one attached hydrogen (secondary N) is 1. The van der Waals surface area contributed by atoms with Crippen LogP contribution >= 0.6 is 0 Å². The molecule has 0 saturated heterocycles. The highest BCUT2D eigenvalue weighted by molar-refractivity contribution is 5.92. The molecule has 0 aliphatic heterocycles. The minimum Gasteiger partial charge on any atom is -0.462 e. The summed E-state index contributed by atoms with van der Waals surface area (Å²) in [6.07, 6.45) is 4.95. The summed E-state index contributed by atoms with van der Waals surface area (Å²) in [5, 5.41) is 3.50. The second-order valence-electron chi connectivity index (χ2n) is 5.54. The van der Waals surface area contributed by atoms with Crippen molar-refractivity contribution in [3.8, 4) is 0 Å². The van der Waals surface area contributed by atoms with E-state index in [9.17, 15) is 4.79 Å². The van der Waals surface area contributed by atoms with E-state index in [1.54, 1.807) is 25.1 Å². The Kier molecular flexibility index (Phi) is 4.88. The first-order chi connectivity index (χ1) is 9.61. The lowest BCUT2D eigenvalue weighted by Crippen LogP contribution is -2.30. The largest absolute Gasteiger partial charge is 0.462 e. The molecule has 3 N–H and O–H groups in total. The second kappa shape index (κ2) is 6.64. The highest BCUT2D eigenvalue weighted by atomic mass is 16.5. The van der Waals surface area contributed by atoms with E-state index in [4.69, 9.17) is 10.5 Å². The van der Waals surface area contributed by atoms with E-state index in [1.165, 1.54) is 19.3 Å². The molecule has 4 nitrogen and oxygen atoms in total. The van der Waals surface area contributed by atoms with E-state index in [1.807, 2.05) is 0 Å². The molecule has 1 aliphatic carbocycles. The van der Waals surface area contributed by atoms with Crippen LogP contribution in [0.15, 0.2) is 18.2 Å². The van der Waals surface area contributed by atoms with E-state index in [-0.39, 0.29) is 5.97 Å². The quantitative estimate of drug-likeness (QED) is 0.653. The third-order valence-corrected chi connectivity index (χ3v) is 4.02. The molecule has 110 valence electrons. The summed E-state index contributed by atoms with van der Waals surface area (Å²) in [6.45, 7) is 4.45. The summed E-state index contributed by atoms with van der Waals surface area (Å²) in [5.41, 5.74) is 8.08. The van der Waals surface area contributed by atoms with Crippen LogP contribution in [0.4, 0.5) is 11.4 Å². The molecule has 1 fully saturated rings. The van der Waals surface area contributed by atoms with Gasteiger partial charge in [-0.3, -0.25) is 0 Å².